The highest BCUT2D eigenvalue weighted by molar-refractivity contribution is 6.30. The second-order valence-electron chi connectivity index (χ2n) is 3.16. The van der Waals surface area contributed by atoms with E-state index in [1.165, 1.54) is 0 Å². The number of ether oxygens (including phenoxy) is 1. The zero-order valence-corrected chi connectivity index (χ0v) is 9.42. The van der Waals surface area contributed by atoms with Gasteiger partial charge in [0.05, 0.1) is 6.04 Å². The monoisotopic (exact) mass is 223 g/mol. The van der Waals surface area contributed by atoms with Gasteiger partial charge in [-0.1, -0.05) is 17.7 Å². The smallest absolute Gasteiger partial charge is 0.120 e. The van der Waals surface area contributed by atoms with Crippen LogP contribution in [0.5, 0.6) is 5.75 Å². The van der Waals surface area contributed by atoms with Crippen molar-refractivity contribution >= 4 is 11.6 Å². The largest absolute Gasteiger partial charge is 0.492 e. The molecule has 1 atom stereocenters. The molecule has 0 saturated carbocycles. The van der Waals surface area contributed by atoms with Crippen LogP contribution in [-0.2, 0) is 0 Å². The Balaban J connectivity index is 2.46. The van der Waals surface area contributed by atoms with Crippen molar-refractivity contribution in [3.63, 3.8) is 0 Å². The van der Waals surface area contributed by atoms with Crippen molar-refractivity contribution in [2.75, 3.05) is 13.7 Å². The lowest BCUT2D eigenvalue weighted by molar-refractivity contribution is 0.273. The lowest BCUT2D eigenvalue weighted by Crippen LogP contribution is -2.31. The van der Waals surface area contributed by atoms with E-state index >= 15 is 0 Å². The molecule has 1 aromatic carbocycles. The molecule has 0 aliphatic heterocycles. The number of rotatable bonds is 5. The molecule has 0 fully saturated rings. The molecule has 0 aliphatic carbocycles. The molecule has 0 spiro atoms. The predicted octanol–water partition coefficient (Wildman–Crippen LogP) is 2.33. The average Bonchev–Trinajstić information content (AvgIpc) is 2.24. The molecule has 0 aliphatic rings. The molecule has 15 heavy (non-hydrogen) atoms. The standard InChI is InChI=1S/C12H14ClNO/c1-3-5-11(14-2)9-15-12-7-4-6-10(13)8-12/h1,4,6-8,11,14H,5,9H2,2H3. The Morgan fingerprint density at radius 2 is 2.40 bits per heavy atom. The molecule has 0 amide bonds. The van der Waals surface area contributed by atoms with E-state index in [1.807, 2.05) is 25.2 Å². The lowest BCUT2D eigenvalue weighted by atomic mass is 10.2. The van der Waals surface area contributed by atoms with Crippen LogP contribution in [0.15, 0.2) is 24.3 Å². The van der Waals surface area contributed by atoms with Crippen molar-refractivity contribution in [2.45, 2.75) is 12.5 Å². The Labute approximate surface area is 95.6 Å². The minimum Gasteiger partial charge on any atom is -0.492 e. The average molecular weight is 224 g/mol. The van der Waals surface area contributed by atoms with Crippen molar-refractivity contribution in [3.8, 4) is 18.1 Å². The molecule has 1 aromatic rings. The van der Waals surface area contributed by atoms with E-state index in [0.29, 0.717) is 18.1 Å². The summed E-state index contributed by atoms with van der Waals surface area (Å²) < 4.78 is 5.55. The maximum Gasteiger partial charge on any atom is 0.120 e. The van der Waals surface area contributed by atoms with Crippen LogP contribution in [0.4, 0.5) is 0 Å². The summed E-state index contributed by atoms with van der Waals surface area (Å²) in [5, 5.41) is 3.76. The van der Waals surface area contributed by atoms with Gasteiger partial charge < -0.3 is 10.1 Å². The summed E-state index contributed by atoms with van der Waals surface area (Å²) in [6, 6.07) is 7.49. The second kappa shape index (κ2) is 6.34. The van der Waals surface area contributed by atoms with Gasteiger partial charge in [0, 0.05) is 11.4 Å². The maximum absolute atomic E-state index is 5.83. The quantitative estimate of drug-likeness (QED) is 0.774. The van der Waals surface area contributed by atoms with Crippen molar-refractivity contribution < 1.29 is 4.74 Å². The molecule has 3 heteroatoms. The first kappa shape index (κ1) is 11.9. The minimum atomic E-state index is 0.175. The van der Waals surface area contributed by atoms with E-state index < -0.39 is 0 Å². The highest BCUT2D eigenvalue weighted by atomic mass is 35.5. The number of terminal acetylenes is 1. The van der Waals surface area contributed by atoms with Gasteiger partial charge in [-0.2, -0.15) is 0 Å². The molecule has 1 rings (SSSR count). The van der Waals surface area contributed by atoms with Crippen LogP contribution in [0, 0.1) is 12.3 Å². The van der Waals surface area contributed by atoms with Crippen LogP contribution in [0.25, 0.3) is 0 Å². The van der Waals surface area contributed by atoms with Gasteiger partial charge in [0.2, 0.25) is 0 Å². The first-order valence-electron chi connectivity index (χ1n) is 4.75. The molecular weight excluding hydrogens is 210 g/mol. The Hall–Kier alpha value is -1.17. The summed E-state index contributed by atoms with van der Waals surface area (Å²) in [6.07, 6.45) is 5.88. The third-order valence-electron chi connectivity index (χ3n) is 2.02. The third-order valence-corrected chi connectivity index (χ3v) is 2.25. The molecular formula is C12H14ClNO. The van der Waals surface area contributed by atoms with Gasteiger partial charge in [0.15, 0.2) is 0 Å². The van der Waals surface area contributed by atoms with Crippen molar-refractivity contribution in [1.29, 1.82) is 0 Å². The van der Waals surface area contributed by atoms with Gasteiger partial charge in [-0.25, -0.2) is 0 Å². The third kappa shape index (κ3) is 4.24. The van der Waals surface area contributed by atoms with Crippen LogP contribution >= 0.6 is 11.6 Å². The summed E-state index contributed by atoms with van der Waals surface area (Å²) in [5.74, 6) is 3.36. The summed E-state index contributed by atoms with van der Waals surface area (Å²) in [5.41, 5.74) is 0. The first-order chi connectivity index (χ1) is 7.26. The predicted molar refractivity (Wildman–Crippen MR) is 63.2 cm³/mol. The fourth-order valence-electron chi connectivity index (χ4n) is 1.14. The van der Waals surface area contributed by atoms with Crippen molar-refractivity contribution in [2.24, 2.45) is 0 Å². The number of nitrogens with one attached hydrogen (secondary N) is 1. The van der Waals surface area contributed by atoms with Crippen LogP contribution in [0.1, 0.15) is 6.42 Å². The van der Waals surface area contributed by atoms with Crippen LogP contribution in [-0.4, -0.2) is 19.7 Å². The Kier molecular flexibility index (Phi) is 5.03. The van der Waals surface area contributed by atoms with Crippen LogP contribution in [0.2, 0.25) is 5.02 Å². The van der Waals surface area contributed by atoms with Gasteiger partial charge >= 0.3 is 0 Å². The molecule has 0 bridgehead atoms. The summed E-state index contributed by atoms with van der Waals surface area (Å²) >= 11 is 5.83. The van der Waals surface area contributed by atoms with E-state index in [2.05, 4.69) is 11.2 Å². The van der Waals surface area contributed by atoms with Gasteiger partial charge in [-0.05, 0) is 25.2 Å². The second-order valence-corrected chi connectivity index (χ2v) is 3.60. The highest BCUT2D eigenvalue weighted by Gasteiger charge is 2.04. The van der Waals surface area contributed by atoms with Gasteiger partial charge in [0.25, 0.3) is 0 Å². The normalized spacial score (nSPS) is 11.8. The number of hydrogen-bond acceptors (Lipinski definition) is 2. The van der Waals surface area contributed by atoms with E-state index in [-0.39, 0.29) is 6.04 Å². The first-order valence-corrected chi connectivity index (χ1v) is 5.13. The fraction of sp³-hybridized carbons (Fsp3) is 0.333. The number of hydrogen-bond donors (Lipinski definition) is 1. The number of likely N-dealkylation sites (N-methyl/N-ethyl adjacent to an activating group) is 1. The summed E-state index contributed by atoms with van der Waals surface area (Å²) in [7, 11) is 1.86. The lowest BCUT2D eigenvalue weighted by Gasteiger charge is -2.14. The molecule has 1 unspecified atom stereocenters. The van der Waals surface area contributed by atoms with Crippen molar-refractivity contribution in [1.82, 2.24) is 5.32 Å². The molecule has 0 radical (unpaired) electrons. The molecule has 1 N–H and O–H groups in total. The summed E-state index contributed by atoms with van der Waals surface area (Å²) in [4.78, 5) is 0. The highest BCUT2D eigenvalue weighted by Crippen LogP contribution is 2.17. The molecule has 0 aromatic heterocycles. The van der Waals surface area contributed by atoms with E-state index in [4.69, 9.17) is 22.8 Å². The molecule has 2 nitrogen and oxygen atoms in total. The van der Waals surface area contributed by atoms with Crippen LogP contribution in [0.3, 0.4) is 0 Å². The van der Waals surface area contributed by atoms with Gasteiger partial charge in [-0.3, -0.25) is 0 Å². The van der Waals surface area contributed by atoms with Crippen molar-refractivity contribution in [3.05, 3.63) is 29.3 Å². The van der Waals surface area contributed by atoms with Gasteiger partial charge in [0.1, 0.15) is 12.4 Å². The number of halogens is 1. The molecule has 80 valence electrons. The van der Waals surface area contributed by atoms with Gasteiger partial charge in [-0.15, -0.1) is 12.3 Å². The topological polar surface area (TPSA) is 21.3 Å². The SMILES string of the molecule is C#CCC(COc1cccc(Cl)c1)NC. The zero-order chi connectivity index (χ0) is 11.1. The Morgan fingerprint density at radius 1 is 1.60 bits per heavy atom. The van der Waals surface area contributed by atoms with E-state index in [0.717, 1.165) is 5.75 Å². The fourth-order valence-corrected chi connectivity index (χ4v) is 1.32. The molecule has 0 heterocycles. The van der Waals surface area contributed by atoms with Crippen LogP contribution < -0.4 is 10.1 Å². The van der Waals surface area contributed by atoms with E-state index in [1.54, 1.807) is 6.07 Å². The molecule has 0 saturated heterocycles. The Morgan fingerprint density at radius 3 is 3.00 bits per heavy atom. The zero-order valence-electron chi connectivity index (χ0n) is 8.66. The van der Waals surface area contributed by atoms with E-state index in [9.17, 15) is 0 Å². The number of benzene rings is 1. The maximum atomic E-state index is 5.83. The minimum absolute atomic E-state index is 0.175. The summed E-state index contributed by atoms with van der Waals surface area (Å²) in [6.45, 7) is 0.543. The Bertz CT molecular complexity index is 346.